The minimum absolute atomic E-state index is 0.00936. The van der Waals surface area contributed by atoms with Crippen molar-refractivity contribution in [1.29, 1.82) is 0 Å². The van der Waals surface area contributed by atoms with Crippen LogP contribution in [0.3, 0.4) is 0 Å². The molecule has 0 bridgehead atoms. The molecule has 0 aliphatic carbocycles. The van der Waals surface area contributed by atoms with E-state index >= 15 is 19.2 Å². The molecule has 10 atom stereocenters. The molecule has 13 amide bonds. The van der Waals surface area contributed by atoms with Gasteiger partial charge in [0, 0.05) is 57.4 Å². The molecule has 3 aliphatic heterocycles. The highest BCUT2D eigenvalue weighted by Crippen LogP contribution is 2.23. The number of fused-ring (bicyclic) bond motifs is 2. The molecule has 4 aromatic carbocycles. The summed E-state index contributed by atoms with van der Waals surface area (Å²) in [6, 6.07) is 9.39. The zero-order valence-corrected chi connectivity index (χ0v) is 55.5. The molecule has 0 saturated carbocycles. The summed E-state index contributed by atoms with van der Waals surface area (Å²) in [5, 5.41) is 41.3. The molecule has 3 fully saturated rings. The van der Waals surface area contributed by atoms with E-state index in [1.807, 2.05) is 36.4 Å². The molecule has 18 N–H and O–H groups in total. The molecule has 1 unspecified atom stereocenters. The number of guanidine groups is 1. The molecular weight excluding hydrogens is 1290 g/mol. The maximum Gasteiger partial charge on any atom is 0.245 e. The van der Waals surface area contributed by atoms with E-state index in [0.717, 1.165) is 17.7 Å². The highest BCUT2D eigenvalue weighted by molar-refractivity contribution is 6.30. The fourth-order valence-corrected chi connectivity index (χ4v) is 11.8. The Morgan fingerprint density at radius 1 is 0.592 bits per heavy atom. The van der Waals surface area contributed by atoms with Crippen molar-refractivity contribution in [1.82, 2.24) is 63.4 Å². The van der Waals surface area contributed by atoms with E-state index in [-0.39, 0.29) is 101 Å². The summed E-state index contributed by atoms with van der Waals surface area (Å²) in [6.45, 7) is 4.14. The number of amides is 13. The maximum atomic E-state index is 15.3. The van der Waals surface area contributed by atoms with E-state index in [1.165, 1.54) is 29.2 Å². The van der Waals surface area contributed by atoms with Crippen LogP contribution in [0.1, 0.15) is 102 Å². The Morgan fingerprint density at radius 2 is 1.12 bits per heavy atom. The lowest BCUT2D eigenvalue weighted by molar-refractivity contribution is -0.142. The van der Waals surface area contributed by atoms with Gasteiger partial charge >= 0.3 is 0 Å². The second-order valence-corrected chi connectivity index (χ2v) is 25.5. The number of nitrogens with zero attached hydrogens (tertiary/aromatic N) is 2. The first-order valence-electron chi connectivity index (χ1n) is 32.6. The van der Waals surface area contributed by atoms with Crippen molar-refractivity contribution in [2.75, 3.05) is 26.2 Å². The van der Waals surface area contributed by atoms with Crippen molar-refractivity contribution in [3.05, 3.63) is 113 Å². The Kier molecular flexibility index (Phi) is 27.6. The largest absolute Gasteiger partial charge is 0.508 e. The number of nitrogens with one attached hydrogen (secondary N) is 11. The number of aromatic hydroxyl groups is 1. The molecule has 3 saturated heterocycles. The molecule has 3 aliphatic rings. The first-order chi connectivity index (χ1) is 46.7. The van der Waals surface area contributed by atoms with Crippen molar-refractivity contribution in [2.24, 2.45) is 28.1 Å². The molecule has 526 valence electrons. The summed E-state index contributed by atoms with van der Waals surface area (Å²) >= 11 is 6.17. The second-order valence-electron chi connectivity index (χ2n) is 25.1. The van der Waals surface area contributed by atoms with Gasteiger partial charge in [-0.1, -0.05) is 92.2 Å². The maximum absolute atomic E-state index is 15.3. The highest BCUT2D eigenvalue weighted by atomic mass is 35.5. The standard InChI is InChI=1S/C67H87ClN16O14/c1-36(2)28-47-59(91)77-46(13-8-26-73-67(70)71)66(98)84-27-9-14-54(84)65(97)83-53(57(69)89)35-74-56(88)34-52(64(96)80-49(31-39-18-23-44(86)24-19-39)61(93)81-50(62(94)78-47)32-40-15-20-41-10-4-5-11-42(41)29-40)82-58(90)45-12-6-7-25-72-55(87)33-51(75-37(3)85)63(95)79-48(60(92)76-45)30-38-16-21-43(68)22-17-38/h4-5,10-11,15-24,29,36,45-54,86H,6-9,12-14,25-28,30-35H2,1-3H3,(H2,69,89)(H,72,87)(H,74,88)(H,75,85)(H,76,92)(H,77,91)(H,78,94)(H,79,95)(H,80,96)(H,81,93)(H,82,90)(H,83,97)(H4,70,71,73)/t45-,46+,47+,48-,49+,50-,51-,52+,53?,54+/m1/s1. The molecule has 0 spiro atoms. The minimum Gasteiger partial charge on any atom is -0.508 e. The number of carbonyl (C=O) groups is 13. The van der Waals surface area contributed by atoms with Gasteiger partial charge in [-0.3, -0.25) is 67.3 Å². The van der Waals surface area contributed by atoms with Gasteiger partial charge in [0.2, 0.25) is 76.8 Å². The monoisotopic (exact) mass is 1370 g/mol. The van der Waals surface area contributed by atoms with Crippen LogP contribution in [-0.4, -0.2) is 179 Å². The van der Waals surface area contributed by atoms with Crippen LogP contribution in [-0.2, 0) is 81.6 Å². The third-order valence-electron chi connectivity index (χ3n) is 16.8. The summed E-state index contributed by atoms with van der Waals surface area (Å²) in [5.74, 6) is -12.3. The fraction of sp³-hybridized carbons (Fsp3) is 0.463. The Morgan fingerprint density at radius 3 is 1.73 bits per heavy atom. The Labute approximate surface area is 571 Å². The number of halogens is 1. The van der Waals surface area contributed by atoms with Gasteiger partial charge in [0.1, 0.15) is 66.2 Å². The van der Waals surface area contributed by atoms with Crippen LogP contribution in [0.2, 0.25) is 5.02 Å². The molecule has 3 heterocycles. The predicted molar refractivity (Wildman–Crippen MR) is 360 cm³/mol. The number of nitrogens with two attached hydrogens (primary N) is 3. The fourth-order valence-electron chi connectivity index (χ4n) is 11.7. The number of benzene rings is 4. The normalized spacial score (nSPS) is 24.1. The van der Waals surface area contributed by atoms with Gasteiger partial charge in [-0.15, -0.1) is 0 Å². The quantitative estimate of drug-likeness (QED) is 0.0341. The first kappa shape index (κ1) is 75.0. The van der Waals surface area contributed by atoms with Gasteiger partial charge < -0.3 is 85.7 Å². The summed E-state index contributed by atoms with van der Waals surface area (Å²) in [4.78, 5) is 191. The van der Waals surface area contributed by atoms with Gasteiger partial charge in [0.15, 0.2) is 5.96 Å². The average molecular weight is 1380 g/mol. The lowest BCUT2D eigenvalue weighted by Gasteiger charge is -2.31. The van der Waals surface area contributed by atoms with Crippen LogP contribution in [0, 0.1) is 5.92 Å². The Bertz CT molecular complexity index is 3610. The summed E-state index contributed by atoms with van der Waals surface area (Å²) in [5.41, 5.74) is 18.4. The van der Waals surface area contributed by atoms with Crippen molar-refractivity contribution in [3.8, 4) is 5.75 Å². The number of primary amides is 1. The average Bonchev–Trinajstić information content (AvgIpc) is 1.51. The zero-order chi connectivity index (χ0) is 71.2. The van der Waals surface area contributed by atoms with E-state index in [4.69, 9.17) is 28.8 Å². The molecular formula is C67H87ClN16O14. The third kappa shape index (κ3) is 22.9. The number of phenolic OH excluding ortho intramolecular Hbond substituents is 1. The van der Waals surface area contributed by atoms with Crippen molar-refractivity contribution in [3.63, 3.8) is 0 Å². The number of aliphatic imine (C=N–C) groups is 1. The van der Waals surface area contributed by atoms with E-state index in [2.05, 4.69) is 63.5 Å². The zero-order valence-electron chi connectivity index (χ0n) is 54.8. The van der Waals surface area contributed by atoms with Crippen LogP contribution in [0.4, 0.5) is 0 Å². The van der Waals surface area contributed by atoms with Gasteiger partial charge in [-0.05, 0) is 109 Å². The number of hydrogen-bond donors (Lipinski definition) is 15. The van der Waals surface area contributed by atoms with Crippen LogP contribution in [0.25, 0.3) is 10.8 Å². The van der Waals surface area contributed by atoms with Gasteiger partial charge in [-0.2, -0.15) is 0 Å². The van der Waals surface area contributed by atoms with E-state index in [0.29, 0.717) is 28.1 Å². The summed E-state index contributed by atoms with van der Waals surface area (Å²) in [6.07, 6.45) is -1.51. The molecule has 31 heteroatoms. The van der Waals surface area contributed by atoms with Crippen LogP contribution in [0.5, 0.6) is 5.75 Å². The van der Waals surface area contributed by atoms with E-state index < -0.39 is 157 Å². The van der Waals surface area contributed by atoms with Crippen LogP contribution in [0.15, 0.2) is 96.0 Å². The molecule has 98 heavy (non-hydrogen) atoms. The smallest absolute Gasteiger partial charge is 0.245 e. The topological polar surface area (TPSA) is 468 Å². The number of hydrogen-bond acceptors (Lipinski definition) is 15. The first-order valence-corrected chi connectivity index (χ1v) is 33.0. The molecule has 0 radical (unpaired) electrons. The molecule has 30 nitrogen and oxygen atoms in total. The van der Waals surface area contributed by atoms with E-state index in [1.54, 1.807) is 44.2 Å². The summed E-state index contributed by atoms with van der Waals surface area (Å²) in [7, 11) is 0. The molecule has 4 aromatic rings. The number of carbonyl (C=O) groups excluding carboxylic acids is 13. The highest BCUT2D eigenvalue weighted by Gasteiger charge is 2.41. The van der Waals surface area contributed by atoms with Crippen LogP contribution < -0.4 is 75.7 Å². The van der Waals surface area contributed by atoms with Crippen LogP contribution >= 0.6 is 11.6 Å². The lowest BCUT2D eigenvalue weighted by atomic mass is 9.98. The number of phenols is 1. The van der Waals surface area contributed by atoms with Crippen molar-refractivity contribution >= 4 is 105 Å². The summed E-state index contributed by atoms with van der Waals surface area (Å²) < 4.78 is 0. The number of rotatable bonds is 16. The lowest BCUT2D eigenvalue weighted by Crippen LogP contribution is -2.61. The predicted octanol–water partition coefficient (Wildman–Crippen LogP) is -1.60. The van der Waals surface area contributed by atoms with Crippen molar-refractivity contribution < 1.29 is 67.4 Å². The SMILES string of the molecule is CC(=O)N[C@@H]1CC(=O)NCCCC[C@H](C(=O)N[C@H]2CC(=O)NCC(C(N)=O)NC(=O)[C@@H]3CCCN3C(=O)[C@H](CCCN=C(N)N)NC(=O)[C@H](CC(C)C)NC(=O)[C@@H](Cc3ccc4ccccc4c3)NC(=O)[C@H](Cc3ccc(O)cc3)NC2=O)NC(=O)[C@@H](Cc2ccc(Cl)cc2)NC1=O. The van der Waals surface area contributed by atoms with Gasteiger partial charge in [0.25, 0.3) is 0 Å². The van der Waals surface area contributed by atoms with Gasteiger partial charge in [-0.25, -0.2) is 0 Å². The second kappa shape index (κ2) is 36.1. The third-order valence-corrected chi connectivity index (χ3v) is 17.0. The Balaban J connectivity index is 1.30. The minimum atomic E-state index is -1.97. The van der Waals surface area contributed by atoms with E-state index in [9.17, 15) is 48.3 Å². The molecule has 0 aromatic heterocycles. The Hall–Kier alpha value is -10.4. The van der Waals surface area contributed by atoms with Crippen molar-refractivity contribution in [2.45, 2.75) is 165 Å². The molecule has 7 rings (SSSR count). The van der Waals surface area contributed by atoms with Gasteiger partial charge in [0.05, 0.1) is 12.8 Å².